The molecule has 0 atom stereocenters. The summed E-state index contributed by atoms with van der Waals surface area (Å²) in [5, 5.41) is 0. The zero-order valence-electron chi connectivity index (χ0n) is 18.2. The molecule has 3 aromatic rings. The van der Waals surface area contributed by atoms with E-state index >= 15 is 0 Å². The summed E-state index contributed by atoms with van der Waals surface area (Å²) in [5.41, 5.74) is 2.72. The number of ether oxygens (including phenoxy) is 1. The Morgan fingerprint density at radius 1 is 1.03 bits per heavy atom. The maximum absolute atomic E-state index is 14.2. The quantitative estimate of drug-likeness (QED) is 0.612. The Balaban J connectivity index is 1.34. The minimum atomic E-state index is -0.304. The summed E-state index contributed by atoms with van der Waals surface area (Å²) in [4.78, 5) is 30.8. The van der Waals surface area contributed by atoms with Crippen molar-refractivity contribution in [2.24, 2.45) is 0 Å². The van der Waals surface area contributed by atoms with Crippen LogP contribution in [-0.2, 0) is 10.2 Å². The van der Waals surface area contributed by atoms with E-state index in [1.54, 1.807) is 35.5 Å². The Kier molecular flexibility index (Phi) is 4.83. The molecule has 1 saturated carbocycles. The molecule has 33 heavy (non-hydrogen) atoms. The lowest BCUT2D eigenvalue weighted by Gasteiger charge is -2.38. The number of pyridine rings is 1. The first kappa shape index (κ1) is 20.2. The second kappa shape index (κ2) is 7.88. The van der Waals surface area contributed by atoms with Gasteiger partial charge in [-0.25, -0.2) is 19.3 Å². The summed E-state index contributed by atoms with van der Waals surface area (Å²) in [7, 11) is 0. The number of carbonyl (C=O) groups is 1. The second-order valence-corrected chi connectivity index (χ2v) is 8.94. The first-order valence-electron chi connectivity index (χ1n) is 11.4. The summed E-state index contributed by atoms with van der Waals surface area (Å²) >= 11 is 0. The number of amides is 1. The lowest BCUT2D eigenvalue weighted by atomic mass is 9.66. The van der Waals surface area contributed by atoms with Gasteiger partial charge in [-0.2, -0.15) is 0 Å². The molecule has 2 aromatic heterocycles. The van der Waals surface area contributed by atoms with E-state index in [9.17, 15) is 9.18 Å². The van der Waals surface area contributed by atoms with Crippen LogP contribution in [0.2, 0.25) is 0 Å². The summed E-state index contributed by atoms with van der Waals surface area (Å²) in [6, 6.07) is 10.5. The Morgan fingerprint density at radius 3 is 2.48 bits per heavy atom. The van der Waals surface area contributed by atoms with Gasteiger partial charge in [0.05, 0.1) is 13.2 Å². The monoisotopic (exact) mass is 445 g/mol. The number of carbonyl (C=O) groups excluding carboxylic acids is 1. The molecule has 2 fully saturated rings. The molecule has 6 rings (SSSR count). The third-order valence-corrected chi connectivity index (χ3v) is 7.06. The van der Waals surface area contributed by atoms with Crippen molar-refractivity contribution in [2.75, 3.05) is 37.7 Å². The van der Waals surface area contributed by atoms with Gasteiger partial charge >= 0.3 is 0 Å². The summed E-state index contributed by atoms with van der Waals surface area (Å²) in [5.74, 6) is 0.893. The van der Waals surface area contributed by atoms with Crippen molar-refractivity contribution < 1.29 is 13.9 Å². The standard InChI is InChI=1S/C25H24FN5O2/c26-20-5-2-1-4-18(20)17-14-27-24(28-15-17)31-16-25(8-3-9-25)19-6-7-21(29-22(19)31)23(32)30-10-12-33-13-11-30/h1-2,4-7,14-15H,3,8-13,16H2. The Labute approximate surface area is 191 Å². The molecule has 1 aliphatic carbocycles. The highest BCUT2D eigenvalue weighted by atomic mass is 19.1. The molecule has 3 aliphatic rings. The van der Waals surface area contributed by atoms with Gasteiger partial charge in [0, 0.05) is 54.1 Å². The van der Waals surface area contributed by atoms with E-state index in [1.165, 1.54) is 12.5 Å². The van der Waals surface area contributed by atoms with E-state index < -0.39 is 0 Å². The topological polar surface area (TPSA) is 71.5 Å². The SMILES string of the molecule is O=C(c1ccc2c(n1)N(c1ncc(-c3ccccc3F)cn1)CC21CCC1)N1CCOCC1. The lowest BCUT2D eigenvalue weighted by Crippen LogP contribution is -2.41. The van der Waals surface area contributed by atoms with Crippen LogP contribution in [0.4, 0.5) is 16.2 Å². The number of benzene rings is 1. The van der Waals surface area contributed by atoms with Crippen molar-refractivity contribution in [3.8, 4) is 11.1 Å². The minimum absolute atomic E-state index is 0.0381. The van der Waals surface area contributed by atoms with Gasteiger partial charge in [-0.05, 0) is 25.0 Å². The molecule has 0 radical (unpaired) electrons. The number of fused-ring (bicyclic) bond motifs is 2. The van der Waals surface area contributed by atoms with Crippen LogP contribution in [0.25, 0.3) is 11.1 Å². The molecule has 0 bridgehead atoms. The number of anilines is 2. The van der Waals surface area contributed by atoms with Crippen LogP contribution < -0.4 is 4.90 Å². The highest BCUT2D eigenvalue weighted by Gasteiger charge is 2.49. The molecule has 4 heterocycles. The molecule has 1 aromatic carbocycles. The van der Waals surface area contributed by atoms with E-state index in [2.05, 4.69) is 16.0 Å². The van der Waals surface area contributed by atoms with Crippen molar-refractivity contribution >= 4 is 17.7 Å². The van der Waals surface area contributed by atoms with Gasteiger partial charge in [0.1, 0.15) is 17.3 Å². The second-order valence-electron chi connectivity index (χ2n) is 8.94. The van der Waals surface area contributed by atoms with Gasteiger partial charge in [-0.3, -0.25) is 9.69 Å². The van der Waals surface area contributed by atoms with Crippen molar-refractivity contribution in [3.05, 3.63) is 65.9 Å². The van der Waals surface area contributed by atoms with Gasteiger partial charge in [-0.1, -0.05) is 30.7 Å². The maximum Gasteiger partial charge on any atom is 0.272 e. The van der Waals surface area contributed by atoms with Gasteiger partial charge in [0.25, 0.3) is 5.91 Å². The Hall–Kier alpha value is -3.39. The summed E-state index contributed by atoms with van der Waals surface area (Å²) in [6.45, 7) is 2.99. The summed E-state index contributed by atoms with van der Waals surface area (Å²) in [6.07, 6.45) is 6.64. The average Bonchev–Trinajstić information content (AvgIpc) is 3.20. The predicted octanol–water partition coefficient (Wildman–Crippen LogP) is 3.72. The van der Waals surface area contributed by atoms with Crippen molar-refractivity contribution in [2.45, 2.75) is 24.7 Å². The van der Waals surface area contributed by atoms with Crippen LogP contribution in [0.5, 0.6) is 0 Å². The van der Waals surface area contributed by atoms with E-state index in [0.717, 1.165) is 30.8 Å². The lowest BCUT2D eigenvalue weighted by molar-refractivity contribution is 0.0299. The average molecular weight is 445 g/mol. The van der Waals surface area contributed by atoms with Gasteiger partial charge < -0.3 is 9.64 Å². The third kappa shape index (κ3) is 3.36. The minimum Gasteiger partial charge on any atom is -0.378 e. The van der Waals surface area contributed by atoms with Crippen LogP contribution in [0.15, 0.2) is 48.8 Å². The summed E-state index contributed by atoms with van der Waals surface area (Å²) < 4.78 is 19.6. The Morgan fingerprint density at radius 2 is 1.79 bits per heavy atom. The van der Waals surface area contributed by atoms with Crippen molar-refractivity contribution in [1.29, 1.82) is 0 Å². The smallest absolute Gasteiger partial charge is 0.272 e. The van der Waals surface area contributed by atoms with Gasteiger partial charge in [-0.15, -0.1) is 0 Å². The fourth-order valence-electron chi connectivity index (χ4n) is 5.07. The Bertz CT molecular complexity index is 1210. The number of halogens is 1. The molecular formula is C25H24FN5O2. The van der Waals surface area contributed by atoms with Crippen LogP contribution in [0.1, 0.15) is 35.3 Å². The van der Waals surface area contributed by atoms with E-state index in [-0.39, 0.29) is 17.1 Å². The molecule has 2 aliphatic heterocycles. The van der Waals surface area contributed by atoms with E-state index in [0.29, 0.717) is 49.1 Å². The third-order valence-electron chi connectivity index (χ3n) is 7.06. The van der Waals surface area contributed by atoms with Gasteiger partial charge in [0.2, 0.25) is 5.95 Å². The molecular weight excluding hydrogens is 421 g/mol. The number of nitrogens with zero attached hydrogens (tertiary/aromatic N) is 5. The molecule has 168 valence electrons. The number of morpholine rings is 1. The van der Waals surface area contributed by atoms with Gasteiger partial charge in [0.15, 0.2) is 0 Å². The molecule has 1 spiro atoms. The van der Waals surface area contributed by atoms with Crippen LogP contribution in [0.3, 0.4) is 0 Å². The highest BCUT2D eigenvalue weighted by Crippen LogP contribution is 2.53. The van der Waals surface area contributed by atoms with Crippen LogP contribution in [0, 0.1) is 5.82 Å². The van der Waals surface area contributed by atoms with Crippen molar-refractivity contribution in [3.63, 3.8) is 0 Å². The fourth-order valence-corrected chi connectivity index (χ4v) is 5.07. The molecule has 0 N–H and O–H groups in total. The van der Waals surface area contributed by atoms with E-state index in [4.69, 9.17) is 9.72 Å². The number of hydrogen-bond acceptors (Lipinski definition) is 6. The van der Waals surface area contributed by atoms with Crippen molar-refractivity contribution in [1.82, 2.24) is 19.9 Å². The number of rotatable bonds is 3. The first-order chi connectivity index (χ1) is 16.1. The zero-order valence-corrected chi connectivity index (χ0v) is 18.2. The molecule has 1 amide bonds. The fraction of sp³-hybridized carbons (Fsp3) is 0.360. The predicted molar refractivity (Wildman–Crippen MR) is 121 cm³/mol. The van der Waals surface area contributed by atoms with Crippen LogP contribution >= 0.6 is 0 Å². The molecule has 1 saturated heterocycles. The van der Waals surface area contributed by atoms with Crippen LogP contribution in [-0.4, -0.2) is 58.6 Å². The molecule has 0 unspecified atom stereocenters. The van der Waals surface area contributed by atoms with E-state index in [1.807, 2.05) is 11.0 Å². The normalized spacial score (nSPS) is 18.8. The maximum atomic E-state index is 14.2. The largest absolute Gasteiger partial charge is 0.378 e. The molecule has 8 heteroatoms. The first-order valence-corrected chi connectivity index (χ1v) is 11.4. The zero-order chi connectivity index (χ0) is 22.4. The highest BCUT2D eigenvalue weighted by molar-refractivity contribution is 5.93. The number of hydrogen-bond donors (Lipinski definition) is 0. The number of aromatic nitrogens is 3. The molecule has 7 nitrogen and oxygen atoms in total.